The van der Waals surface area contributed by atoms with Crippen molar-refractivity contribution in [2.24, 2.45) is 5.92 Å². The first-order valence-electron chi connectivity index (χ1n) is 6.67. The number of hydrogen-bond acceptors (Lipinski definition) is 2. The Morgan fingerprint density at radius 3 is 2.22 bits per heavy atom. The van der Waals surface area contributed by atoms with Gasteiger partial charge >= 0.3 is 0 Å². The Kier molecular flexibility index (Phi) is 6.96. The average molecular weight is 271 g/mol. The van der Waals surface area contributed by atoms with E-state index in [1.54, 1.807) is 0 Å². The summed E-state index contributed by atoms with van der Waals surface area (Å²) >= 11 is 6.13. The molecule has 0 heterocycles. The normalized spacial score (nSPS) is 14.0. The lowest BCUT2D eigenvalue weighted by molar-refractivity contribution is 0.251. The Balaban J connectivity index is 2.48. The van der Waals surface area contributed by atoms with Gasteiger partial charge in [0.1, 0.15) is 0 Å². The van der Waals surface area contributed by atoms with Crippen LogP contribution in [0.5, 0.6) is 11.5 Å². The Morgan fingerprint density at radius 2 is 1.72 bits per heavy atom. The summed E-state index contributed by atoms with van der Waals surface area (Å²) in [7, 11) is 0. The summed E-state index contributed by atoms with van der Waals surface area (Å²) in [5.74, 6) is 2.13. The molecule has 2 unspecified atom stereocenters. The topological polar surface area (TPSA) is 18.5 Å². The number of halogens is 1. The van der Waals surface area contributed by atoms with E-state index in [0.717, 1.165) is 24.3 Å². The number of ether oxygens (including phenoxy) is 2. The fourth-order valence-electron chi connectivity index (χ4n) is 1.92. The summed E-state index contributed by atoms with van der Waals surface area (Å²) in [6.45, 7) is 7.51. The van der Waals surface area contributed by atoms with Crippen LogP contribution < -0.4 is 9.47 Å². The van der Waals surface area contributed by atoms with E-state index in [-0.39, 0.29) is 5.38 Å². The highest BCUT2D eigenvalue weighted by molar-refractivity contribution is 6.20. The fraction of sp³-hybridized carbons (Fsp3) is 0.600. The molecule has 0 aromatic heterocycles. The van der Waals surface area contributed by atoms with Crippen LogP contribution in [0.25, 0.3) is 0 Å². The highest BCUT2D eigenvalue weighted by Gasteiger charge is 2.13. The molecule has 3 heteroatoms. The second-order valence-electron chi connectivity index (χ2n) is 4.36. The van der Waals surface area contributed by atoms with E-state index in [1.807, 2.05) is 38.1 Å². The monoisotopic (exact) mass is 270 g/mol. The lowest BCUT2D eigenvalue weighted by Gasteiger charge is -2.18. The van der Waals surface area contributed by atoms with Crippen LogP contribution in [0.2, 0.25) is 0 Å². The molecule has 0 saturated heterocycles. The van der Waals surface area contributed by atoms with Gasteiger partial charge in [-0.1, -0.05) is 25.5 Å². The maximum Gasteiger partial charge on any atom is 0.161 e. The molecule has 0 radical (unpaired) electrons. The van der Waals surface area contributed by atoms with Gasteiger partial charge in [0, 0.05) is 5.38 Å². The van der Waals surface area contributed by atoms with Gasteiger partial charge in [-0.15, -0.1) is 11.6 Å². The third-order valence-electron chi connectivity index (χ3n) is 3.07. The first-order chi connectivity index (χ1) is 8.69. The molecule has 2 atom stereocenters. The van der Waals surface area contributed by atoms with Crippen molar-refractivity contribution in [3.63, 3.8) is 0 Å². The molecular weight excluding hydrogens is 248 g/mol. The van der Waals surface area contributed by atoms with Gasteiger partial charge in [0.2, 0.25) is 0 Å². The number of para-hydroxylation sites is 2. The van der Waals surface area contributed by atoms with Crippen LogP contribution in [-0.4, -0.2) is 18.6 Å². The molecule has 0 amide bonds. The van der Waals surface area contributed by atoms with E-state index in [0.29, 0.717) is 19.1 Å². The Bertz CT molecular complexity index is 339. The van der Waals surface area contributed by atoms with Crippen LogP contribution in [0.1, 0.15) is 33.6 Å². The van der Waals surface area contributed by atoms with Gasteiger partial charge in [-0.25, -0.2) is 0 Å². The Labute approximate surface area is 115 Å². The SMILES string of the molecule is CCOc1ccccc1OCCC(CC)C(C)Cl. The minimum absolute atomic E-state index is 0.195. The van der Waals surface area contributed by atoms with E-state index in [1.165, 1.54) is 0 Å². The predicted octanol–water partition coefficient (Wildman–Crippen LogP) is 4.51. The summed E-state index contributed by atoms with van der Waals surface area (Å²) in [5, 5.41) is 0.195. The molecule has 0 N–H and O–H groups in total. The maximum absolute atomic E-state index is 6.13. The Morgan fingerprint density at radius 1 is 1.11 bits per heavy atom. The summed E-state index contributed by atoms with van der Waals surface area (Å²) in [6, 6.07) is 7.78. The number of rotatable bonds is 8. The van der Waals surface area contributed by atoms with Crippen molar-refractivity contribution in [2.75, 3.05) is 13.2 Å². The second-order valence-corrected chi connectivity index (χ2v) is 5.05. The quantitative estimate of drug-likeness (QED) is 0.647. The van der Waals surface area contributed by atoms with Crippen LogP contribution in [0.15, 0.2) is 24.3 Å². The van der Waals surface area contributed by atoms with Crippen LogP contribution in [0.4, 0.5) is 0 Å². The van der Waals surface area contributed by atoms with Crippen molar-refractivity contribution in [3.05, 3.63) is 24.3 Å². The first-order valence-corrected chi connectivity index (χ1v) is 7.11. The lowest BCUT2D eigenvalue weighted by atomic mass is 10.00. The van der Waals surface area contributed by atoms with Gasteiger partial charge in [-0.2, -0.15) is 0 Å². The smallest absolute Gasteiger partial charge is 0.161 e. The molecule has 2 nitrogen and oxygen atoms in total. The molecule has 0 aliphatic heterocycles. The molecule has 102 valence electrons. The molecule has 0 aliphatic rings. The van der Waals surface area contributed by atoms with Crippen molar-refractivity contribution in [1.82, 2.24) is 0 Å². The molecule has 1 aromatic carbocycles. The van der Waals surface area contributed by atoms with Crippen LogP contribution in [0.3, 0.4) is 0 Å². The zero-order valence-electron chi connectivity index (χ0n) is 11.5. The zero-order valence-corrected chi connectivity index (χ0v) is 12.2. The predicted molar refractivity (Wildman–Crippen MR) is 76.8 cm³/mol. The summed E-state index contributed by atoms with van der Waals surface area (Å²) in [4.78, 5) is 0. The first kappa shape index (κ1) is 15.2. The molecule has 18 heavy (non-hydrogen) atoms. The van der Waals surface area contributed by atoms with Gasteiger partial charge in [-0.05, 0) is 38.3 Å². The largest absolute Gasteiger partial charge is 0.490 e. The number of alkyl halides is 1. The third-order valence-corrected chi connectivity index (χ3v) is 3.43. The van der Waals surface area contributed by atoms with E-state index >= 15 is 0 Å². The highest BCUT2D eigenvalue weighted by Crippen LogP contribution is 2.27. The molecular formula is C15H23ClO2. The maximum atomic E-state index is 6.13. The van der Waals surface area contributed by atoms with Crippen LogP contribution >= 0.6 is 11.6 Å². The zero-order chi connectivity index (χ0) is 13.4. The number of hydrogen-bond donors (Lipinski definition) is 0. The van der Waals surface area contributed by atoms with Gasteiger partial charge < -0.3 is 9.47 Å². The molecule has 0 spiro atoms. The van der Waals surface area contributed by atoms with E-state index in [4.69, 9.17) is 21.1 Å². The molecule has 0 saturated carbocycles. The van der Waals surface area contributed by atoms with Crippen molar-refractivity contribution in [2.45, 2.75) is 39.0 Å². The molecule has 0 bridgehead atoms. The van der Waals surface area contributed by atoms with Gasteiger partial charge in [0.15, 0.2) is 11.5 Å². The minimum atomic E-state index is 0.195. The Hall–Kier alpha value is -0.890. The molecule has 0 aliphatic carbocycles. The average Bonchev–Trinajstić information content (AvgIpc) is 2.36. The third kappa shape index (κ3) is 4.77. The van der Waals surface area contributed by atoms with Gasteiger partial charge in [-0.3, -0.25) is 0 Å². The summed E-state index contributed by atoms with van der Waals surface area (Å²) in [6.07, 6.45) is 2.06. The van der Waals surface area contributed by atoms with E-state index < -0.39 is 0 Å². The van der Waals surface area contributed by atoms with Crippen LogP contribution in [-0.2, 0) is 0 Å². The van der Waals surface area contributed by atoms with Gasteiger partial charge in [0.05, 0.1) is 13.2 Å². The van der Waals surface area contributed by atoms with Crippen molar-refractivity contribution >= 4 is 11.6 Å². The van der Waals surface area contributed by atoms with E-state index in [2.05, 4.69) is 6.92 Å². The van der Waals surface area contributed by atoms with Crippen LogP contribution in [0, 0.1) is 5.92 Å². The second kappa shape index (κ2) is 8.25. The van der Waals surface area contributed by atoms with Gasteiger partial charge in [0.25, 0.3) is 0 Å². The minimum Gasteiger partial charge on any atom is -0.490 e. The molecule has 1 rings (SSSR count). The van der Waals surface area contributed by atoms with Crippen molar-refractivity contribution < 1.29 is 9.47 Å². The molecule has 0 fully saturated rings. The van der Waals surface area contributed by atoms with Crippen molar-refractivity contribution in [1.29, 1.82) is 0 Å². The van der Waals surface area contributed by atoms with Crippen molar-refractivity contribution in [3.8, 4) is 11.5 Å². The highest BCUT2D eigenvalue weighted by atomic mass is 35.5. The fourth-order valence-corrected chi connectivity index (χ4v) is 2.23. The number of benzene rings is 1. The standard InChI is InChI=1S/C15H23ClO2/c1-4-13(12(3)16)10-11-18-15-9-7-6-8-14(15)17-5-2/h6-9,12-13H,4-5,10-11H2,1-3H3. The van der Waals surface area contributed by atoms with E-state index in [9.17, 15) is 0 Å². The summed E-state index contributed by atoms with van der Waals surface area (Å²) in [5.41, 5.74) is 0. The molecule has 1 aromatic rings. The summed E-state index contributed by atoms with van der Waals surface area (Å²) < 4.78 is 11.3. The lowest BCUT2D eigenvalue weighted by Crippen LogP contribution is -2.14.